The lowest BCUT2D eigenvalue weighted by molar-refractivity contribution is -0.153. The smallest absolute Gasteiger partial charge is 0.309 e. The lowest BCUT2D eigenvalue weighted by Gasteiger charge is -2.30. The van der Waals surface area contributed by atoms with Gasteiger partial charge < -0.3 is 19.7 Å². The minimum absolute atomic E-state index is 0.214. The molecule has 8 heteroatoms. The Morgan fingerprint density at radius 1 is 1.17 bits per heavy atom. The molecule has 29 heavy (non-hydrogen) atoms. The van der Waals surface area contributed by atoms with Gasteiger partial charge in [0.25, 0.3) is 5.91 Å². The molecular formula is C21H26N4O4. The standard InChI is InChI=1S/C21H26N4O4/c1-15(17-6-3-4-7-18(17)28-2)24-19(26)14-29-20(27)16-8-12-25(13-9-16)21-22-10-5-11-23-21/h3-7,10-11,15-16H,8-9,12-14H2,1-2H3,(H,24,26). The van der Waals surface area contributed by atoms with Crippen LogP contribution >= 0.6 is 0 Å². The predicted molar refractivity (Wildman–Crippen MR) is 107 cm³/mol. The highest BCUT2D eigenvalue weighted by Crippen LogP contribution is 2.24. The molecule has 1 atom stereocenters. The van der Waals surface area contributed by atoms with Gasteiger partial charge in [0.2, 0.25) is 5.95 Å². The number of carbonyl (C=O) groups excluding carboxylic acids is 2. The average Bonchev–Trinajstić information content (AvgIpc) is 2.78. The molecule has 0 spiro atoms. The lowest BCUT2D eigenvalue weighted by Crippen LogP contribution is -2.39. The summed E-state index contributed by atoms with van der Waals surface area (Å²) in [5, 5.41) is 2.84. The number of benzene rings is 1. The number of nitrogens with zero attached hydrogens (tertiary/aromatic N) is 3. The number of para-hydroxylation sites is 1. The van der Waals surface area contributed by atoms with Gasteiger partial charge in [0.15, 0.2) is 6.61 Å². The maximum absolute atomic E-state index is 12.3. The van der Waals surface area contributed by atoms with Crippen molar-refractivity contribution in [2.45, 2.75) is 25.8 Å². The van der Waals surface area contributed by atoms with Crippen LogP contribution in [0.4, 0.5) is 5.95 Å². The normalized spacial score (nSPS) is 15.4. The van der Waals surface area contributed by atoms with E-state index in [4.69, 9.17) is 9.47 Å². The van der Waals surface area contributed by atoms with Crippen molar-refractivity contribution >= 4 is 17.8 Å². The molecule has 2 heterocycles. The highest BCUT2D eigenvalue weighted by Gasteiger charge is 2.27. The first kappa shape index (κ1) is 20.6. The summed E-state index contributed by atoms with van der Waals surface area (Å²) in [6, 6.07) is 8.99. The van der Waals surface area contributed by atoms with Crippen LogP contribution in [0.5, 0.6) is 5.75 Å². The van der Waals surface area contributed by atoms with Crippen molar-refractivity contribution in [2.24, 2.45) is 5.92 Å². The van der Waals surface area contributed by atoms with E-state index < -0.39 is 0 Å². The first-order chi connectivity index (χ1) is 14.1. The number of amides is 1. The molecule has 1 N–H and O–H groups in total. The largest absolute Gasteiger partial charge is 0.496 e. The number of methoxy groups -OCH3 is 1. The minimum Gasteiger partial charge on any atom is -0.496 e. The molecule has 1 aliphatic rings. The maximum Gasteiger partial charge on any atom is 0.309 e. The van der Waals surface area contributed by atoms with Gasteiger partial charge in [-0.05, 0) is 31.9 Å². The summed E-state index contributed by atoms with van der Waals surface area (Å²) in [5.41, 5.74) is 0.866. The highest BCUT2D eigenvalue weighted by atomic mass is 16.5. The number of carbonyl (C=O) groups is 2. The second-order valence-electron chi connectivity index (χ2n) is 6.95. The number of hydrogen-bond donors (Lipinski definition) is 1. The van der Waals surface area contributed by atoms with Crippen molar-refractivity contribution in [1.82, 2.24) is 15.3 Å². The van der Waals surface area contributed by atoms with E-state index in [1.54, 1.807) is 25.6 Å². The summed E-state index contributed by atoms with van der Waals surface area (Å²) in [5.74, 6) is 0.482. The second-order valence-corrected chi connectivity index (χ2v) is 6.95. The lowest BCUT2D eigenvalue weighted by atomic mass is 9.97. The third-order valence-corrected chi connectivity index (χ3v) is 4.99. The molecule has 1 aromatic carbocycles. The Labute approximate surface area is 170 Å². The highest BCUT2D eigenvalue weighted by molar-refractivity contribution is 5.81. The van der Waals surface area contributed by atoms with Gasteiger partial charge in [-0.2, -0.15) is 0 Å². The summed E-state index contributed by atoms with van der Waals surface area (Å²) in [4.78, 5) is 35.0. The number of aromatic nitrogens is 2. The Morgan fingerprint density at radius 3 is 2.55 bits per heavy atom. The average molecular weight is 398 g/mol. The maximum atomic E-state index is 12.3. The van der Waals surface area contributed by atoms with E-state index in [9.17, 15) is 9.59 Å². The van der Waals surface area contributed by atoms with E-state index in [-0.39, 0.29) is 30.4 Å². The molecule has 2 aromatic rings. The van der Waals surface area contributed by atoms with Gasteiger partial charge in [0.1, 0.15) is 5.75 Å². The number of esters is 1. The molecule has 154 valence electrons. The third-order valence-electron chi connectivity index (χ3n) is 4.99. The first-order valence-corrected chi connectivity index (χ1v) is 9.69. The van der Waals surface area contributed by atoms with E-state index in [1.807, 2.05) is 36.1 Å². The molecule has 1 unspecified atom stereocenters. The van der Waals surface area contributed by atoms with Crippen molar-refractivity contribution < 1.29 is 19.1 Å². The predicted octanol–water partition coefficient (Wildman–Crippen LogP) is 2.12. The van der Waals surface area contributed by atoms with E-state index in [1.165, 1.54) is 0 Å². The van der Waals surface area contributed by atoms with Crippen molar-refractivity contribution in [2.75, 3.05) is 31.7 Å². The van der Waals surface area contributed by atoms with Crippen molar-refractivity contribution in [3.8, 4) is 5.75 Å². The van der Waals surface area contributed by atoms with Gasteiger partial charge in [0.05, 0.1) is 19.1 Å². The second kappa shape index (κ2) is 9.86. The Kier molecular flexibility index (Phi) is 6.99. The molecular weight excluding hydrogens is 372 g/mol. The quantitative estimate of drug-likeness (QED) is 0.714. The molecule has 1 saturated heterocycles. The number of nitrogens with one attached hydrogen (secondary N) is 1. The van der Waals surface area contributed by atoms with Crippen LogP contribution in [0.15, 0.2) is 42.7 Å². The Bertz CT molecular complexity index is 822. The fraction of sp³-hybridized carbons (Fsp3) is 0.429. The molecule has 1 fully saturated rings. The number of rotatable bonds is 7. The number of anilines is 1. The van der Waals surface area contributed by atoms with Crippen LogP contribution in [0.1, 0.15) is 31.4 Å². The summed E-state index contributed by atoms with van der Waals surface area (Å²) in [6.07, 6.45) is 4.70. The molecule has 8 nitrogen and oxygen atoms in total. The van der Waals surface area contributed by atoms with Crippen molar-refractivity contribution in [1.29, 1.82) is 0 Å². The molecule has 1 amide bonds. The van der Waals surface area contributed by atoms with E-state index >= 15 is 0 Å². The van der Waals surface area contributed by atoms with Crippen LogP contribution in [-0.4, -0.2) is 48.7 Å². The summed E-state index contributed by atoms with van der Waals surface area (Å²) in [6.45, 7) is 2.93. The van der Waals surface area contributed by atoms with Gasteiger partial charge in [-0.15, -0.1) is 0 Å². The molecule has 0 bridgehead atoms. The number of ether oxygens (including phenoxy) is 2. The number of hydrogen-bond acceptors (Lipinski definition) is 7. The van der Waals surface area contributed by atoms with Gasteiger partial charge in [-0.3, -0.25) is 9.59 Å². The summed E-state index contributed by atoms with van der Waals surface area (Å²) in [7, 11) is 1.59. The van der Waals surface area contributed by atoms with Crippen LogP contribution in [-0.2, 0) is 14.3 Å². The fourth-order valence-electron chi connectivity index (χ4n) is 3.41. The molecule has 1 aliphatic heterocycles. The van der Waals surface area contributed by atoms with Gasteiger partial charge in [-0.25, -0.2) is 9.97 Å². The van der Waals surface area contributed by atoms with Crippen LogP contribution in [0.2, 0.25) is 0 Å². The SMILES string of the molecule is COc1ccccc1C(C)NC(=O)COC(=O)C1CCN(c2ncccn2)CC1. The Balaban J connectivity index is 1.43. The summed E-state index contributed by atoms with van der Waals surface area (Å²) >= 11 is 0. The zero-order valence-corrected chi connectivity index (χ0v) is 16.7. The summed E-state index contributed by atoms with van der Waals surface area (Å²) < 4.78 is 10.6. The van der Waals surface area contributed by atoms with Gasteiger partial charge in [-0.1, -0.05) is 18.2 Å². The zero-order valence-electron chi connectivity index (χ0n) is 16.7. The van der Waals surface area contributed by atoms with Crippen LogP contribution in [0.3, 0.4) is 0 Å². The van der Waals surface area contributed by atoms with E-state index in [0.717, 1.165) is 5.56 Å². The molecule has 0 radical (unpaired) electrons. The Hall–Kier alpha value is -3.16. The van der Waals surface area contributed by atoms with E-state index in [2.05, 4.69) is 15.3 Å². The first-order valence-electron chi connectivity index (χ1n) is 9.69. The van der Waals surface area contributed by atoms with E-state index in [0.29, 0.717) is 37.6 Å². The number of piperidine rings is 1. The molecule has 1 aromatic heterocycles. The molecule has 0 aliphatic carbocycles. The van der Waals surface area contributed by atoms with Gasteiger partial charge >= 0.3 is 5.97 Å². The van der Waals surface area contributed by atoms with Crippen LogP contribution in [0, 0.1) is 5.92 Å². The zero-order chi connectivity index (χ0) is 20.6. The topological polar surface area (TPSA) is 93.6 Å². The van der Waals surface area contributed by atoms with Gasteiger partial charge in [0, 0.05) is 31.0 Å². The van der Waals surface area contributed by atoms with Crippen LogP contribution < -0.4 is 15.0 Å². The Morgan fingerprint density at radius 2 is 1.86 bits per heavy atom. The third kappa shape index (κ3) is 5.43. The van der Waals surface area contributed by atoms with Crippen molar-refractivity contribution in [3.05, 3.63) is 48.3 Å². The monoisotopic (exact) mass is 398 g/mol. The molecule has 3 rings (SSSR count). The fourth-order valence-corrected chi connectivity index (χ4v) is 3.41. The molecule has 0 saturated carbocycles. The van der Waals surface area contributed by atoms with Crippen LogP contribution in [0.25, 0.3) is 0 Å². The minimum atomic E-state index is -0.341. The van der Waals surface area contributed by atoms with Crippen molar-refractivity contribution in [3.63, 3.8) is 0 Å².